The van der Waals surface area contributed by atoms with Crippen LogP contribution in [0.25, 0.3) is 0 Å². The highest BCUT2D eigenvalue weighted by atomic mass is 16.6. The molecule has 0 unspecified atom stereocenters. The quantitative estimate of drug-likeness (QED) is 0.223. The van der Waals surface area contributed by atoms with Crippen LogP contribution in [0.2, 0.25) is 0 Å². The van der Waals surface area contributed by atoms with E-state index in [2.05, 4.69) is 0 Å². The Morgan fingerprint density at radius 1 is 0.846 bits per heavy atom. The molecule has 0 radical (unpaired) electrons. The van der Waals surface area contributed by atoms with E-state index in [1.165, 1.54) is 32.4 Å². The molecule has 1 aliphatic heterocycles. The van der Waals surface area contributed by atoms with Crippen LogP contribution < -0.4 is 0 Å². The molecule has 13 heteroatoms. The van der Waals surface area contributed by atoms with Crippen LogP contribution in [0.3, 0.4) is 0 Å². The summed E-state index contributed by atoms with van der Waals surface area (Å²) >= 11 is 0. The Bertz CT molecular complexity index is 1630. The standard InChI is InChI=1S/C39H50O13/c1-9-22(3)32(41)48-27-16-18-37(8,45)39-30(50-33(42)23(4)10-2)28(36(6,7)52-39)29(49-34(43)25-14-12-11-13-15-25)31(38(27,39)21-47-24(5)40)51-35(44)26-17-19-46-20-26/h11-15,17,19-20,22-23,27-31,45H,9-10,16,18,21H2,1-8H3/t22-,23-,27+,28-,29+,30-,31+,37+,38+,39+/m1/s1. The van der Waals surface area contributed by atoms with E-state index in [1.54, 1.807) is 58.0 Å². The van der Waals surface area contributed by atoms with Gasteiger partial charge in [0.15, 0.2) is 11.7 Å². The minimum atomic E-state index is -2.07. The Hall–Kier alpha value is -4.23. The van der Waals surface area contributed by atoms with Gasteiger partial charge >= 0.3 is 29.8 Å². The number of rotatable bonds is 12. The van der Waals surface area contributed by atoms with Gasteiger partial charge in [-0.05, 0) is 64.7 Å². The van der Waals surface area contributed by atoms with Gasteiger partial charge in [-0.2, -0.15) is 0 Å². The fourth-order valence-corrected chi connectivity index (χ4v) is 8.27. The van der Waals surface area contributed by atoms with Crippen LogP contribution in [-0.4, -0.2) is 82.8 Å². The second-order valence-electron chi connectivity index (χ2n) is 15.1. The summed E-state index contributed by atoms with van der Waals surface area (Å²) in [6.07, 6.45) is -2.49. The van der Waals surface area contributed by atoms with Crippen molar-refractivity contribution in [3.05, 3.63) is 60.1 Å². The Morgan fingerprint density at radius 3 is 2.04 bits per heavy atom. The van der Waals surface area contributed by atoms with Crippen LogP contribution in [0.4, 0.5) is 0 Å². The lowest BCUT2D eigenvalue weighted by Crippen LogP contribution is -2.83. The summed E-state index contributed by atoms with van der Waals surface area (Å²) in [4.78, 5) is 68.4. The molecule has 0 amide bonds. The van der Waals surface area contributed by atoms with Crippen molar-refractivity contribution in [2.24, 2.45) is 23.2 Å². The number of aliphatic hydroxyl groups is 1. The summed E-state index contributed by atoms with van der Waals surface area (Å²) in [6, 6.07) is 9.53. The number of hydrogen-bond acceptors (Lipinski definition) is 13. The van der Waals surface area contributed by atoms with Gasteiger partial charge in [-0.3, -0.25) is 14.4 Å². The van der Waals surface area contributed by atoms with Crippen molar-refractivity contribution in [3.8, 4) is 0 Å². The first-order chi connectivity index (χ1) is 24.5. The molecule has 284 valence electrons. The maximum atomic E-state index is 14.0. The van der Waals surface area contributed by atoms with E-state index in [1.807, 2.05) is 13.8 Å². The zero-order chi connectivity index (χ0) is 38.2. The molecule has 2 heterocycles. The van der Waals surface area contributed by atoms with Gasteiger partial charge < -0.3 is 37.9 Å². The van der Waals surface area contributed by atoms with E-state index in [0.717, 1.165) is 0 Å². The van der Waals surface area contributed by atoms with Gasteiger partial charge in [0, 0.05) is 6.92 Å². The smallest absolute Gasteiger partial charge is 0.341 e. The highest BCUT2D eigenvalue weighted by Gasteiger charge is 2.87. The molecule has 52 heavy (non-hydrogen) atoms. The lowest BCUT2D eigenvalue weighted by Gasteiger charge is -2.65. The predicted molar refractivity (Wildman–Crippen MR) is 183 cm³/mol. The second kappa shape index (κ2) is 14.7. The van der Waals surface area contributed by atoms with Crippen molar-refractivity contribution >= 4 is 29.8 Å². The summed E-state index contributed by atoms with van der Waals surface area (Å²) in [5.41, 5.74) is -7.18. The van der Waals surface area contributed by atoms with Gasteiger partial charge in [0.1, 0.15) is 36.6 Å². The Kier molecular flexibility index (Phi) is 11.0. The molecular weight excluding hydrogens is 676 g/mol. The number of esters is 5. The molecule has 3 aliphatic rings. The van der Waals surface area contributed by atoms with Gasteiger partial charge in [0.2, 0.25) is 0 Å². The largest absolute Gasteiger partial charge is 0.472 e. The number of ether oxygens (including phenoxy) is 6. The van der Waals surface area contributed by atoms with Crippen LogP contribution in [0.5, 0.6) is 0 Å². The molecule has 1 spiro atoms. The maximum Gasteiger partial charge on any atom is 0.341 e. The van der Waals surface area contributed by atoms with Crippen molar-refractivity contribution in [3.63, 3.8) is 0 Å². The minimum absolute atomic E-state index is 0.0124. The molecule has 2 saturated carbocycles. The molecule has 1 aromatic carbocycles. The van der Waals surface area contributed by atoms with Gasteiger partial charge in [0.25, 0.3) is 0 Å². The number of carbonyl (C=O) groups is 5. The summed E-state index contributed by atoms with van der Waals surface area (Å²) < 4.78 is 43.5. The highest BCUT2D eigenvalue weighted by molar-refractivity contribution is 5.90. The molecule has 1 N–H and O–H groups in total. The van der Waals surface area contributed by atoms with Crippen LogP contribution in [-0.2, 0) is 42.8 Å². The Labute approximate surface area is 303 Å². The van der Waals surface area contributed by atoms with Crippen LogP contribution in [0.1, 0.15) is 102 Å². The second-order valence-corrected chi connectivity index (χ2v) is 15.1. The number of furan rings is 1. The van der Waals surface area contributed by atoms with Crippen molar-refractivity contribution in [1.29, 1.82) is 0 Å². The molecule has 10 atom stereocenters. The van der Waals surface area contributed by atoms with E-state index in [-0.39, 0.29) is 24.0 Å². The summed E-state index contributed by atoms with van der Waals surface area (Å²) in [5, 5.41) is 12.7. The zero-order valence-electron chi connectivity index (χ0n) is 31.0. The third kappa shape index (κ3) is 6.50. The lowest BCUT2D eigenvalue weighted by molar-refractivity contribution is -0.349. The van der Waals surface area contributed by atoms with Crippen molar-refractivity contribution < 1.29 is 61.9 Å². The average Bonchev–Trinajstić information content (AvgIpc) is 3.71. The summed E-state index contributed by atoms with van der Waals surface area (Å²) in [7, 11) is 0. The molecule has 2 aromatic rings. The minimum Gasteiger partial charge on any atom is -0.472 e. The number of benzene rings is 1. The molecule has 2 aliphatic carbocycles. The van der Waals surface area contributed by atoms with E-state index >= 15 is 0 Å². The SMILES string of the molecule is CC[C@@H](C)C(=O)O[C@H]1CC[C@](C)(O)[C@]23OC(C)(C)[C@H]([C@H](OC(=O)c4ccccc4)[C@H](OC(=O)c4ccoc4)[C@]12COC(C)=O)[C@H]3OC(=O)[C@H](C)CC. The molecular formula is C39H50O13. The number of carbonyl (C=O) groups excluding carboxylic acids is 5. The Morgan fingerprint density at radius 2 is 1.46 bits per heavy atom. The van der Waals surface area contributed by atoms with Gasteiger partial charge in [-0.1, -0.05) is 45.9 Å². The average molecular weight is 727 g/mol. The van der Waals surface area contributed by atoms with Crippen molar-refractivity contribution in [2.45, 2.75) is 122 Å². The molecule has 2 bridgehead atoms. The summed E-state index contributed by atoms with van der Waals surface area (Å²) in [5.74, 6) is -5.89. The molecule has 1 aromatic heterocycles. The zero-order valence-corrected chi connectivity index (χ0v) is 31.0. The third-order valence-electron chi connectivity index (χ3n) is 11.4. The molecule has 13 nitrogen and oxygen atoms in total. The molecule has 5 rings (SSSR count). The number of hydrogen-bond donors (Lipinski definition) is 1. The monoisotopic (exact) mass is 726 g/mol. The fraction of sp³-hybridized carbons (Fsp3) is 0.615. The van der Waals surface area contributed by atoms with Crippen molar-refractivity contribution in [1.82, 2.24) is 0 Å². The van der Waals surface area contributed by atoms with E-state index in [4.69, 9.17) is 32.8 Å². The Balaban J connectivity index is 1.86. The predicted octanol–water partition coefficient (Wildman–Crippen LogP) is 5.22. The van der Waals surface area contributed by atoms with Crippen LogP contribution in [0.15, 0.2) is 53.3 Å². The van der Waals surface area contributed by atoms with Gasteiger partial charge in [-0.25, -0.2) is 9.59 Å². The normalized spacial score (nSPS) is 32.8. The molecule has 3 fully saturated rings. The van der Waals surface area contributed by atoms with Gasteiger partial charge in [-0.15, -0.1) is 0 Å². The fourth-order valence-electron chi connectivity index (χ4n) is 8.27. The maximum absolute atomic E-state index is 14.0. The third-order valence-corrected chi connectivity index (χ3v) is 11.4. The van der Waals surface area contributed by atoms with Gasteiger partial charge in [0.05, 0.1) is 46.3 Å². The van der Waals surface area contributed by atoms with Crippen LogP contribution >= 0.6 is 0 Å². The topological polar surface area (TPSA) is 174 Å². The van der Waals surface area contributed by atoms with E-state index in [9.17, 15) is 29.1 Å². The van der Waals surface area contributed by atoms with Crippen molar-refractivity contribution in [2.75, 3.05) is 6.61 Å². The van der Waals surface area contributed by atoms with E-state index < -0.39 is 101 Å². The lowest BCUT2D eigenvalue weighted by atomic mass is 9.46. The first-order valence-electron chi connectivity index (χ1n) is 17.9. The van der Waals surface area contributed by atoms with E-state index in [0.29, 0.717) is 12.8 Å². The number of fused-ring (bicyclic) bond motifs is 1. The first-order valence-corrected chi connectivity index (χ1v) is 17.9. The molecule has 1 saturated heterocycles. The van der Waals surface area contributed by atoms with Crippen LogP contribution in [0, 0.1) is 23.2 Å². The highest BCUT2D eigenvalue weighted by Crippen LogP contribution is 2.69. The first kappa shape index (κ1) is 39.0. The summed E-state index contributed by atoms with van der Waals surface area (Å²) in [6.45, 7) is 12.5.